The maximum Gasteiger partial charge on any atom is 0.331 e. The Morgan fingerprint density at radius 3 is 1.87 bits per heavy atom. The number of carbonyl (C=O) groups is 2. The van der Waals surface area contributed by atoms with E-state index >= 15 is 0 Å². The van der Waals surface area contributed by atoms with Gasteiger partial charge in [-0.05, 0) is 0 Å². The van der Waals surface area contributed by atoms with Gasteiger partial charge in [-0.2, -0.15) is 0 Å². The van der Waals surface area contributed by atoms with Crippen LogP contribution in [-0.2, 0) is 33.3 Å². The third-order valence-corrected chi connectivity index (χ3v) is 1.88. The standard InChI is InChI=1S/C7H14O5.C6H12O5/c1-10-7(9)6-12-5-4-11-3-2-8;7-1-2-10-3-4-11-5-6(8)9/h8H,2-6H2,1H3;7H,1-5H2,(H,8,9)/i;7T. The van der Waals surface area contributed by atoms with Crippen molar-refractivity contribution >= 4 is 11.9 Å². The number of aliphatic carboxylic acids is 1. The molecule has 0 spiro atoms. The molecule has 0 amide bonds. The summed E-state index contributed by atoms with van der Waals surface area (Å²) in [7, 11) is 1.30. The number of hydrogen-bond donors (Lipinski definition) is 3. The van der Waals surface area contributed by atoms with E-state index in [1.807, 2.05) is 0 Å². The average molecular weight is 344 g/mol. The van der Waals surface area contributed by atoms with Crippen molar-refractivity contribution in [2.24, 2.45) is 0 Å². The first-order valence-electron chi connectivity index (χ1n) is 7.27. The predicted molar refractivity (Wildman–Crippen MR) is 77.1 cm³/mol. The van der Waals surface area contributed by atoms with E-state index in [1.54, 1.807) is 0 Å². The molecule has 0 atom stereocenters. The van der Waals surface area contributed by atoms with Crippen LogP contribution in [0.25, 0.3) is 0 Å². The minimum absolute atomic E-state index is 0.00297. The van der Waals surface area contributed by atoms with E-state index < -0.39 is 11.9 Å². The second-order valence-electron chi connectivity index (χ2n) is 3.73. The number of aliphatic hydroxyl groups excluding tert-OH is 2. The van der Waals surface area contributed by atoms with E-state index in [4.69, 9.17) is 25.9 Å². The van der Waals surface area contributed by atoms with Crippen LogP contribution in [0.15, 0.2) is 0 Å². The lowest BCUT2D eigenvalue weighted by atomic mass is 10.7. The Morgan fingerprint density at radius 2 is 1.39 bits per heavy atom. The summed E-state index contributed by atoms with van der Waals surface area (Å²) in [4.78, 5) is 20.4. The van der Waals surface area contributed by atoms with Crippen LogP contribution in [0.5, 0.6) is 0 Å². The highest BCUT2D eigenvalue weighted by atomic mass is 16.6. The van der Waals surface area contributed by atoms with Gasteiger partial charge in [-0.15, -0.1) is 0 Å². The predicted octanol–water partition coefficient (Wildman–Crippen LogP) is -1.72. The molecule has 0 aromatic rings. The molecule has 0 fully saturated rings. The molecule has 0 saturated carbocycles. The number of ether oxygens (including phenoxy) is 5. The lowest BCUT2D eigenvalue weighted by Crippen LogP contribution is -2.14. The number of carboxylic acid groups (broad SMARTS) is 1. The van der Waals surface area contributed by atoms with Crippen molar-refractivity contribution in [1.82, 2.24) is 0 Å². The van der Waals surface area contributed by atoms with Gasteiger partial charge < -0.3 is 39.0 Å². The maximum atomic E-state index is 10.5. The molecule has 10 nitrogen and oxygen atoms in total. The van der Waals surface area contributed by atoms with Gasteiger partial charge in [-0.25, -0.2) is 9.59 Å². The van der Waals surface area contributed by atoms with Crippen molar-refractivity contribution < 1.29 is 48.6 Å². The largest absolute Gasteiger partial charge is 0.480 e. The Hall–Kier alpha value is -1.30. The molecule has 3 N–H and O–H groups in total. The fourth-order valence-electron chi connectivity index (χ4n) is 0.937. The van der Waals surface area contributed by atoms with Crippen molar-refractivity contribution in [1.29, 1.82) is 1.43 Å². The fraction of sp³-hybridized carbons (Fsp3) is 0.846. The van der Waals surface area contributed by atoms with Crippen LogP contribution < -0.4 is 0 Å². The van der Waals surface area contributed by atoms with Gasteiger partial charge in [0, 0.05) is 0 Å². The lowest BCUT2D eigenvalue weighted by Gasteiger charge is -2.02. The molecule has 0 bridgehead atoms. The number of carboxylic acids is 1. The summed E-state index contributed by atoms with van der Waals surface area (Å²) in [5, 5.41) is 20.4. The van der Waals surface area contributed by atoms with Crippen LogP contribution in [0.1, 0.15) is 0 Å². The van der Waals surface area contributed by atoms with Gasteiger partial charge >= 0.3 is 11.9 Å². The number of esters is 1. The van der Waals surface area contributed by atoms with Gasteiger partial charge in [0.15, 0.2) is 0 Å². The molecule has 0 aromatic heterocycles. The zero-order valence-electron chi connectivity index (χ0n) is 14.2. The van der Waals surface area contributed by atoms with Crippen molar-refractivity contribution in [3.63, 3.8) is 0 Å². The minimum Gasteiger partial charge on any atom is -0.480 e. The third kappa shape index (κ3) is 26.0. The van der Waals surface area contributed by atoms with Crippen LogP contribution in [0.3, 0.4) is 0 Å². The quantitative estimate of drug-likeness (QED) is 0.232. The summed E-state index contributed by atoms with van der Waals surface area (Å²) in [5.41, 5.74) is 0. The zero-order chi connectivity index (χ0) is 18.5. The van der Waals surface area contributed by atoms with Gasteiger partial charge in [-0.1, -0.05) is 0 Å². The molecule has 0 aromatic carbocycles. The zero-order valence-corrected chi connectivity index (χ0v) is 13.2. The van der Waals surface area contributed by atoms with Crippen molar-refractivity contribution in [2.45, 2.75) is 0 Å². The van der Waals surface area contributed by atoms with Crippen molar-refractivity contribution in [3.05, 3.63) is 0 Å². The summed E-state index contributed by atoms with van der Waals surface area (Å²) in [5.74, 6) is -1.40. The number of aliphatic hydroxyl groups is 2. The third-order valence-electron chi connectivity index (χ3n) is 1.88. The highest BCUT2D eigenvalue weighted by Gasteiger charge is 1.98. The summed E-state index contributed by atoms with van der Waals surface area (Å²) < 4.78 is 29.9. The molecular weight excluding hydrogens is 316 g/mol. The fourth-order valence-corrected chi connectivity index (χ4v) is 0.937. The van der Waals surface area contributed by atoms with Crippen LogP contribution in [0.4, 0.5) is 0 Å². The van der Waals surface area contributed by atoms with Gasteiger partial charge in [0.1, 0.15) is 13.2 Å². The molecule has 0 aliphatic heterocycles. The van der Waals surface area contributed by atoms with Gasteiger partial charge in [0.2, 0.25) is 1.43 Å². The molecule has 138 valence electrons. The lowest BCUT2D eigenvalue weighted by molar-refractivity contribution is -0.146. The van der Waals surface area contributed by atoms with Crippen LogP contribution in [-0.4, -0.2) is 102 Å². The van der Waals surface area contributed by atoms with Crippen molar-refractivity contribution in [2.75, 3.05) is 73.2 Å². The number of rotatable bonds is 15. The SMILES string of the molecule is COC(=O)COCCOCCO.[3H]OCCOCCOCC(=O)O. The van der Waals surface area contributed by atoms with E-state index in [9.17, 15) is 9.59 Å². The Morgan fingerprint density at radius 1 is 0.870 bits per heavy atom. The van der Waals surface area contributed by atoms with E-state index in [0.29, 0.717) is 33.0 Å². The average Bonchev–Trinajstić information content (AvgIpc) is 2.57. The Kier molecular flexibility index (Phi) is 19.5. The molecular formula is C13H26O10. The molecule has 0 aliphatic carbocycles. The normalized spacial score (nSPS) is 10.4. The molecule has 0 rings (SSSR count). The molecule has 0 aliphatic rings. The maximum absolute atomic E-state index is 10.5. The van der Waals surface area contributed by atoms with Gasteiger partial charge in [0.25, 0.3) is 0 Å². The molecule has 10 heteroatoms. The molecule has 0 radical (unpaired) electrons. The molecule has 23 heavy (non-hydrogen) atoms. The van der Waals surface area contributed by atoms with Crippen LogP contribution in [0.2, 0.25) is 0 Å². The van der Waals surface area contributed by atoms with Crippen molar-refractivity contribution in [3.8, 4) is 0 Å². The molecule has 0 unspecified atom stereocenters. The van der Waals surface area contributed by atoms with E-state index in [1.165, 1.54) is 7.11 Å². The number of methoxy groups -OCH3 is 1. The monoisotopic (exact) mass is 344 g/mol. The van der Waals surface area contributed by atoms with Gasteiger partial charge in [-0.3, -0.25) is 0 Å². The molecule has 0 saturated heterocycles. The summed E-state index contributed by atoms with van der Waals surface area (Å²) in [6.45, 7) is 1.71. The smallest absolute Gasteiger partial charge is 0.331 e. The summed E-state index contributed by atoms with van der Waals surface area (Å²) >= 11 is 0. The Labute approximate surface area is 136 Å². The highest BCUT2D eigenvalue weighted by Crippen LogP contribution is 1.80. The summed E-state index contributed by atoms with van der Waals surface area (Å²) in [6.07, 6.45) is 0. The Bertz CT molecular complexity index is 290. The molecule has 0 heterocycles. The number of carbonyl (C=O) groups excluding carboxylic acids is 1. The van der Waals surface area contributed by atoms with Gasteiger partial charge in [0.05, 0.1) is 60.0 Å². The minimum atomic E-state index is -0.996. The topological polar surface area (TPSA) is 141 Å². The second kappa shape index (κ2) is 20.7. The first-order valence-corrected chi connectivity index (χ1v) is 6.87. The van der Waals surface area contributed by atoms with Crippen LogP contribution in [0, 0.1) is 0 Å². The van der Waals surface area contributed by atoms with Crippen LogP contribution >= 0.6 is 0 Å². The summed E-state index contributed by atoms with van der Waals surface area (Å²) in [6, 6.07) is 0. The first-order chi connectivity index (χ1) is 11.6. The van der Waals surface area contributed by atoms with E-state index in [-0.39, 0.29) is 33.0 Å². The van der Waals surface area contributed by atoms with E-state index in [0.717, 1.165) is 0 Å². The Balaban J connectivity index is 0. The second-order valence-corrected chi connectivity index (χ2v) is 3.73. The first kappa shape index (κ1) is 21.7. The highest BCUT2D eigenvalue weighted by molar-refractivity contribution is 5.70. The van der Waals surface area contributed by atoms with E-state index in [2.05, 4.69) is 14.6 Å². The number of hydrogen-bond acceptors (Lipinski definition) is 9.